The third-order valence-electron chi connectivity index (χ3n) is 3.38. The van der Waals surface area contributed by atoms with Gasteiger partial charge in [0.25, 0.3) is 5.91 Å². The second kappa shape index (κ2) is 6.70. The third kappa shape index (κ3) is 3.45. The maximum Gasteiger partial charge on any atom is 0.251 e. The summed E-state index contributed by atoms with van der Waals surface area (Å²) in [4.78, 5) is 12.3. The Balaban J connectivity index is 1.76. The van der Waals surface area contributed by atoms with Crippen molar-refractivity contribution < 1.29 is 4.79 Å². The Morgan fingerprint density at radius 3 is 2.83 bits per heavy atom. The Kier molecular flexibility index (Phi) is 4.47. The van der Waals surface area contributed by atoms with Crippen molar-refractivity contribution in [3.8, 4) is 5.69 Å². The molecule has 6 nitrogen and oxygen atoms in total. The van der Waals surface area contributed by atoms with E-state index in [9.17, 15) is 4.79 Å². The van der Waals surface area contributed by atoms with Crippen molar-refractivity contribution in [1.29, 1.82) is 0 Å². The minimum Gasteiger partial charge on any atom is -0.345 e. The molecule has 3 aromatic rings. The fraction of sp³-hybridized carbons (Fsp3) is 0.125. The number of rotatable bonds is 4. The van der Waals surface area contributed by atoms with Gasteiger partial charge in [0.2, 0.25) is 0 Å². The Hall–Kier alpha value is -2.54. The van der Waals surface area contributed by atoms with Crippen LogP contribution in [0.25, 0.3) is 5.69 Å². The van der Waals surface area contributed by atoms with Gasteiger partial charge in [0, 0.05) is 10.0 Å². The first-order chi connectivity index (χ1) is 11.1. The predicted octanol–water partition coefficient (Wildman–Crippen LogP) is 2.66. The molecule has 0 unspecified atom stereocenters. The van der Waals surface area contributed by atoms with Crippen molar-refractivity contribution >= 4 is 21.8 Å². The van der Waals surface area contributed by atoms with E-state index in [1.165, 1.54) is 0 Å². The molecule has 2 aromatic carbocycles. The van der Waals surface area contributed by atoms with Gasteiger partial charge in [-0.3, -0.25) is 4.79 Å². The molecule has 7 heteroatoms. The number of tetrazole rings is 1. The zero-order valence-corrected chi connectivity index (χ0v) is 14.0. The number of carbonyl (C=O) groups excluding carboxylic acids is 1. The Morgan fingerprint density at radius 2 is 2.04 bits per heavy atom. The van der Waals surface area contributed by atoms with Crippen molar-refractivity contribution in [1.82, 2.24) is 25.5 Å². The van der Waals surface area contributed by atoms with E-state index in [0.717, 1.165) is 15.7 Å². The molecule has 0 bridgehead atoms. The summed E-state index contributed by atoms with van der Waals surface area (Å²) in [5, 5.41) is 14.5. The highest BCUT2D eigenvalue weighted by Gasteiger charge is 2.12. The molecule has 1 aromatic heterocycles. The number of nitrogens with one attached hydrogen (secondary N) is 1. The summed E-state index contributed by atoms with van der Waals surface area (Å²) in [5.41, 5.74) is 2.40. The SMILES string of the molecule is Cc1ccccc1C(=O)NCc1nnnn1-c1cccc(Br)c1. The van der Waals surface area contributed by atoms with Crippen LogP contribution in [-0.4, -0.2) is 26.1 Å². The van der Waals surface area contributed by atoms with E-state index in [1.54, 1.807) is 10.7 Å². The molecule has 0 saturated heterocycles. The van der Waals surface area contributed by atoms with Gasteiger partial charge in [0.1, 0.15) is 0 Å². The minimum absolute atomic E-state index is 0.146. The molecule has 1 amide bonds. The maximum atomic E-state index is 12.3. The van der Waals surface area contributed by atoms with Gasteiger partial charge in [-0.05, 0) is 47.2 Å². The highest BCUT2D eigenvalue weighted by Crippen LogP contribution is 2.15. The van der Waals surface area contributed by atoms with Gasteiger partial charge in [-0.15, -0.1) is 5.10 Å². The predicted molar refractivity (Wildman–Crippen MR) is 89.2 cm³/mol. The van der Waals surface area contributed by atoms with E-state index in [-0.39, 0.29) is 12.5 Å². The van der Waals surface area contributed by atoms with Crippen LogP contribution in [0.3, 0.4) is 0 Å². The van der Waals surface area contributed by atoms with Gasteiger partial charge >= 0.3 is 0 Å². The molecule has 0 fully saturated rings. The first kappa shape index (κ1) is 15.4. The number of hydrogen-bond acceptors (Lipinski definition) is 4. The summed E-state index contributed by atoms with van der Waals surface area (Å²) < 4.78 is 2.53. The van der Waals surface area contributed by atoms with Crippen molar-refractivity contribution in [2.45, 2.75) is 13.5 Å². The average Bonchev–Trinajstić information content (AvgIpc) is 3.01. The molecule has 0 aliphatic heterocycles. The number of amides is 1. The molecule has 1 N–H and O–H groups in total. The van der Waals surface area contributed by atoms with Gasteiger partial charge < -0.3 is 5.32 Å². The van der Waals surface area contributed by atoms with Gasteiger partial charge in [-0.2, -0.15) is 4.68 Å². The van der Waals surface area contributed by atoms with E-state index in [1.807, 2.05) is 49.4 Å². The maximum absolute atomic E-state index is 12.3. The highest BCUT2D eigenvalue weighted by atomic mass is 79.9. The van der Waals surface area contributed by atoms with Crippen LogP contribution in [0.5, 0.6) is 0 Å². The first-order valence-electron chi connectivity index (χ1n) is 7.02. The Morgan fingerprint density at radius 1 is 1.22 bits per heavy atom. The molecule has 0 spiro atoms. The van der Waals surface area contributed by atoms with Crippen molar-refractivity contribution in [3.63, 3.8) is 0 Å². The summed E-state index contributed by atoms with van der Waals surface area (Å²) in [6.45, 7) is 2.15. The monoisotopic (exact) mass is 371 g/mol. The molecule has 3 rings (SSSR count). The second-order valence-electron chi connectivity index (χ2n) is 4.98. The summed E-state index contributed by atoms with van der Waals surface area (Å²) >= 11 is 3.42. The fourth-order valence-electron chi connectivity index (χ4n) is 2.21. The number of carbonyl (C=O) groups is 1. The number of halogens is 1. The van der Waals surface area contributed by atoms with Crippen LogP contribution in [0.15, 0.2) is 53.0 Å². The highest BCUT2D eigenvalue weighted by molar-refractivity contribution is 9.10. The van der Waals surface area contributed by atoms with Crippen LogP contribution < -0.4 is 5.32 Å². The molecule has 0 aliphatic carbocycles. The second-order valence-corrected chi connectivity index (χ2v) is 5.90. The molecular weight excluding hydrogens is 358 g/mol. The topological polar surface area (TPSA) is 72.7 Å². The van der Waals surface area contributed by atoms with Gasteiger partial charge in [0.05, 0.1) is 12.2 Å². The number of nitrogens with zero attached hydrogens (tertiary/aromatic N) is 4. The largest absolute Gasteiger partial charge is 0.345 e. The van der Waals surface area contributed by atoms with Gasteiger partial charge in [0.15, 0.2) is 5.82 Å². The zero-order chi connectivity index (χ0) is 16.2. The lowest BCUT2D eigenvalue weighted by atomic mass is 10.1. The standard InChI is InChI=1S/C16H14BrN5O/c1-11-5-2-3-8-14(11)16(23)18-10-15-19-20-21-22(15)13-7-4-6-12(17)9-13/h2-9H,10H2,1H3,(H,18,23). The fourth-order valence-corrected chi connectivity index (χ4v) is 2.59. The van der Waals surface area contributed by atoms with E-state index in [4.69, 9.17) is 0 Å². The third-order valence-corrected chi connectivity index (χ3v) is 3.88. The molecule has 0 aliphatic rings. The lowest BCUT2D eigenvalue weighted by Gasteiger charge is -2.08. The molecular formula is C16H14BrN5O. The normalized spacial score (nSPS) is 10.5. The quantitative estimate of drug-likeness (QED) is 0.764. The van der Waals surface area contributed by atoms with Crippen LogP contribution in [0.1, 0.15) is 21.7 Å². The van der Waals surface area contributed by atoms with Crippen molar-refractivity contribution in [3.05, 3.63) is 70.0 Å². The van der Waals surface area contributed by atoms with Crippen LogP contribution in [-0.2, 0) is 6.54 Å². The van der Waals surface area contributed by atoms with Gasteiger partial charge in [-0.1, -0.05) is 40.2 Å². The molecule has 23 heavy (non-hydrogen) atoms. The lowest BCUT2D eigenvalue weighted by Crippen LogP contribution is -2.25. The van der Waals surface area contributed by atoms with E-state index in [2.05, 4.69) is 36.8 Å². The Bertz CT molecular complexity index is 846. The molecule has 1 heterocycles. The molecule has 0 radical (unpaired) electrons. The van der Waals surface area contributed by atoms with Crippen LogP contribution in [0.2, 0.25) is 0 Å². The van der Waals surface area contributed by atoms with Crippen molar-refractivity contribution in [2.24, 2.45) is 0 Å². The molecule has 0 saturated carbocycles. The minimum atomic E-state index is -0.146. The summed E-state index contributed by atoms with van der Waals surface area (Å²) in [7, 11) is 0. The average molecular weight is 372 g/mol. The van der Waals surface area contributed by atoms with E-state index in [0.29, 0.717) is 11.4 Å². The smallest absolute Gasteiger partial charge is 0.251 e. The lowest BCUT2D eigenvalue weighted by molar-refractivity contribution is 0.0949. The number of hydrogen-bond donors (Lipinski definition) is 1. The summed E-state index contributed by atoms with van der Waals surface area (Å²) in [6.07, 6.45) is 0. The zero-order valence-electron chi connectivity index (χ0n) is 12.4. The van der Waals surface area contributed by atoms with Gasteiger partial charge in [-0.25, -0.2) is 0 Å². The van der Waals surface area contributed by atoms with Crippen LogP contribution in [0, 0.1) is 6.92 Å². The van der Waals surface area contributed by atoms with E-state index >= 15 is 0 Å². The summed E-state index contributed by atoms with van der Waals surface area (Å²) in [5.74, 6) is 0.414. The van der Waals surface area contributed by atoms with E-state index < -0.39 is 0 Å². The summed E-state index contributed by atoms with van der Waals surface area (Å²) in [6, 6.07) is 15.1. The Labute approximate surface area is 141 Å². The molecule has 0 atom stereocenters. The number of aryl methyl sites for hydroxylation is 1. The number of aromatic nitrogens is 4. The van der Waals surface area contributed by atoms with Crippen molar-refractivity contribution in [2.75, 3.05) is 0 Å². The van der Waals surface area contributed by atoms with Crippen LogP contribution in [0.4, 0.5) is 0 Å². The first-order valence-corrected chi connectivity index (χ1v) is 7.81. The number of benzene rings is 2. The molecule has 116 valence electrons. The van der Waals surface area contributed by atoms with Crippen LogP contribution >= 0.6 is 15.9 Å².